The third kappa shape index (κ3) is 3.10. The van der Waals surface area contributed by atoms with Crippen LogP contribution in [0.15, 0.2) is 42.5 Å². The van der Waals surface area contributed by atoms with Gasteiger partial charge in [0.2, 0.25) is 5.91 Å². The number of carbonyl (C=O) groups excluding carboxylic acids is 1. The number of piperazine rings is 1. The highest BCUT2D eigenvalue weighted by atomic mass is 35.5. The Hall–Kier alpha value is -1.36. The summed E-state index contributed by atoms with van der Waals surface area (Å²) in [5.41, 5.74) is 0.954. The van der Waals surface area contributed by atoms with E-state index >= 15 is 0 Å². The normalized spacial score (nSPS) is 20.1. The van der Waals surface area contributed by atoms with Crippen LogP contribution in [0.4, 0.5) is 0 Å². The van der Waals surface area contributed by atoms with E-state index in [-0.39, 0.29) is 5.41 Å². The highest BCUT2D eigenvalue weighted by Gasteiger charge is 2.53. The van der Waals surface area contributed by atoms with Gasteiger partial charge in [-0.25, -0.2) is 0 Å². The maximum Gasteiger partial charge on any atom is 0.233 e. The number of amides is 1. The molecule has 0 N–H and O–H groups in total. The molecule has 1 saturated heterocycles. The summed E-state index contributed by atoms with van der Waals surface area (Å²) in [4.78, 5) is 18.8. The Labute approximate surface area is 151 Å². The number of hydrogen-bond acceptors (Lipinski definition) is 3. The molecule has 4 rings (SSSR count). The Morgan fingerprint density at radius 1 is 1.04 bits per heavy atom. The lowest BCUT2D eigenvalue weighted by Crippen LogP contribution is -2.51. The quantitative estimate of drug-likeness (QED) is 0.828. The molecule has 2 fully saturated rings. The number of benzene rings is 1. The number of halogens is 1. The molecule has 1 amide bonds. The molecule has 5 heteroatoms. The Morgan fingerprint density at radius 3 is 2.33 bits per heavy atom. The predicted molar refractivity (Wildman–Crippen MR) is 98.5 cm³/mol. The molecule has 0 radical (unpaired) electrons. The van der Waals surface area contributed by atoms with Crippen molar-refractivity contribution in [1.29, 1.82) is 0 Å². The van der Waals surface area contributed by atoms with Crippen molar-refractivity contribution in [3.8, 4) is 0 Å². The van der Waals surface area contributed by atoms with E-state index in [0.717, 1.165) is 49.9 Å². The average molecular weight is 361 g/mol. The molecule has 0 atom stereocenters. The van der Waals surface area contributed by atoms with Gasteiger partial charge in [0.05, 0.1) is 9.75 Å². The molecule has 0 spiro atoms. The van der Waals surface area contributed by atoms with Crippen LogP contribution in [-0.2, 0) is 16.8 Å². The molecule has 1 aromatic carbocycles. The van der Waals surface area contributed by atoms with Gasteiger partial charge in [-0.05, 0) is 30.5 Å². The summed E-state index contributed by atoms with van der Waals surface area (Å²) < 4.78 is 0.845. The fourth-order valence-corrected chi connectivity index (χ4v) is 4.71. The summed E-state index contributed by atoms with van der Waals surface area (Å²) in [5.74, 6) is 0.326. The van der Waals surface area contributed by atoms with Crippen LogP contribution >= 0.6 is 22.9 Å². The third-order valence-electron chi connectivity index (χ3n) is 5.15. The van der Waals surface area contributed by atoms with Gasteiger partial charge in [-0.15, -0.1) is 11.3 Å². The van der Waals surface area contributed by atoms with E-state index in [2.05, 4.69) is 28.0 Å². The zero-order valence-corrected chi connectivity index (χ0v) is 15.2. The first kappa shape index (κ1) is 16.1. The van der Waals surface area contributed by atoms with E-state index in [9.17, 15) is 4.79 Å². The van der Waals surface area contributed by atoms with Gasteiger partial charge in [-0.3, -0.25) is 9.69 Å². The van der Waals surface area contributed by atoms with Crippen LogP contribution in [0.3, 0.4) is 0 Å². The van der Waals surface area contributed by atoms with Crippen LogP contribution in [-0.4, -0.2) is 41.9 Å². The first-order valence-corrected chi connectivity index (χ1v) is 9.68. The Morgan fingerprint density at radius 2 is 1.75 bits per heavy atom. The van der Waals surface area contributed by atoms with E-state index in [4.69, 9.17) is 11.6 Å². The number of hydrogen-bond donors (Lipinski definition) is 0. The Bertz CT molecular complexity index is 718. The van der Waals surface area contributed by atoms with Gasteiger partial charge in [0, 0.05) is 37.6 Å². The second-order valence-electron chi connectivity index (χ2n) is 6.72. The predicted octanol–water partition coefficient (Wildman–Crippen LogP) is 3.78. The lowest BCUT2D eigenvalue weighted by atomic mass is 9.94. The van der Waals surface area contributed by atoms with Crippen molar-refractivity contribution in [2.24, 2.45) is 0 Å². The highest BCUT2D eigenvalue weighted by Crippen LogP contribution is 2.49. The van der Waals surface area contributed by atoms with Crippen molar-refractivity contribution >= 4 is 28.8 Å². The second-order valence-corrected chi connectivity index (χ2v) is 8.52. The summed E-state index contributed by atoms with van der Waals surface area (Å²) >= 11 is 7.65. The first-order chi connectivity index (χ1) is 11.7. The smallest absolute Gasteiger partial charge is 0.233 e. The second kappa shape index (κ2) is 6.51. The molecule has 0 bridgehead atoms. The zero-order chi connectivity index (χ0) is 16.6. The van der Waals surface area contributed by atoms with Gasteiger partial charge < -0.3 is 4.90 Å². The molecule has 126 valence electrons. The lowest BCUT2D eigenvalue weighted by Gasteiger charge is -2.36. The van der Waals surface area contributed by atoms with E-state index in [1.807, 2.05) is 24.3 Å². The van der Waals surface area contributed by atoms with Crippen LogP contribution in [0, 0.1) is 0 Å². The Kier molecular flexibility index (Phi) is 4.37. The van der Waals surface area contributed by atoms with E-state index in [0.29, 0.717) is 5.91 Å². The van der Waals surface area contributed by atoms with E-state index in [1.165, 1.54) is 10.4 Å². The van der Waals surface area contributed by atoms with Gasteiger partial charge in [-0.2, -0.15) is 0 Å². The SMILES string of the molecule is O=C(N1CCN(Cc2ccc(Cl)s2)CC1)C1(c2ccccc2)CC1. The lowest BCUT2D eigenvalue weighted by molar-refractivity contribution is -0.135. The minimum absolute atomic E-state index is 0.231. The summed E-state index contributed by atoms with van der Waals surface area (Å²) in [7, 11) is 0. The maximum atomic E-state index is 13.0. The largest absolute Gasteiger partial charge is 0.339 e. The fourth-order valence-electron chi connectivity index (χ4n) is 3.58. The summed E-state index contributed by atoms with van der Waals surface area (Å²) in [6.07, 6.45) is 1.98. The third-order valence-corrected chi connectivity index (χ3v) is 6.37. The number of rotatable bonds is 4. The van der Waals surface area contributed by atoms with Crippen molar-refractivity contribution in [3.63, 3.8) is 0 Å². The van der Waals surface area contributed by atoms with Crippen molar-refractivity contribution in [1.82, 2.24) is 9.80 Å². The van der Waals surface area contributed by atoms with Crippen molar-refractivity contribution < 1.29 is 4.79 Å². The monoisotopic (exact) mass is 360 g/mol. The van der Waals surface area contributed by atoms with Crippen LogP contribution in [0.2, 0.25) is 4.34 Å². The molecule has 1 saturated carbocycles. The highest BCUT2D eigenvalue weighted by molar-refractivity contribution is 7.16. The van der Waals surface area contributed by atoms with Gasteiger partial charge >= 0.3 is 0 Å². The van der Waals surface area contributed by atoms with Gasteiger partial charge in [0.1, 0.15) is 0 Å². The molecule has 2 aliphatic rings. The Balaban J connectivity index is 1.37. The fraction of sp³-hybridized carbons (Fsp3) is 0.421. The number of carbonyl (C=O) groups is 1. The summed E-state index contributed by atoms with van der Waals surface area (Å²) in [5, 5.41) is 0. The molecule has 1 aliphatic carbocycles. The van der Waals surface area contributed by atoms with Gasteiger partial charge in [0.25, 0.3) is 0 Å². The zero-order valence-electron chi connectivity index (χ0n) is 13.6. The molecular weight excluding hydrogens is 340 g/mol. The van der Waals surface area contributed by atoms with Crippen molar-refractivity contribution in [3.05, 3.63) is 57.2 Å². The van der Waals surface area contributed by atoms with Crippen LogP contribution in [0.25, 0.3) is 0 Å². The molecular formula is C19H21ClN2OS. The molecule has 2 aromatic rings. The van der Waals surface area contributed by atoms with Crippen molar-refractivity contribution in [2.75, 3.05) is 26.2 Å². The minimum Gasteiger partial charge on any atom is -0.339 e. The molecule has 3 nitrogen and oxygen atoms in total. The number of thiophene rings is 1. The topological polar surface area (TPSA) is 23.6 Å². The molecule has 0 unspecified atom stereocenters. The van der Waals surface area contributed by atoms with Crippen LogP contribution in [0.1, 0.15) is 23.3 Å². The minimum atomic E-state index is -0.231. The first-order valence-electron chi connectivity index (χ1n) is 8.49. The van der Waals surface area contributed by atoms with E-state index < -0.39 is 0 Å². The van der Waals surface area contributed by atoms with E-state index in [1.54, 1.807) is 11.3 Å². The maximum absolute atomic E-state index is 13.0. The summed E-state index contributed by atoms with van der Waals surface area (Å²) in [6.45, 7) is 4.46. The molecule has 24 heavy (non-hydrogen) atoms. The van der Waals surface area contributed by atoms with Crippen molar-refractivity contribution in [2.45, 2.75) is 24.8 Å². The van der Waals surface area contributed by atoms with Crippen LogP contribution < -0.4 is 0 Å². The van der Waals surface area contributed by atoms with Crippen LogP contribution in [0.5, 0.6) is 0 Å². The van der Waals surface area contributed by atoms with Gasteiger partial charge in [0.15, 0.2) is 0 Å². The molecule has 2 heterocycles. The molecule has 1 aromatic heterocycles. The molecule has 1 aliphatic heterocycles. The average Bonchev–Trinajstić information content (AvgIpc) is 3.33. The summed E-state index contributed by atoms with van der Waals surface area (Å²) in [6, 6.07) is 14.3. The standard InChI is InChI=1S/C19H21ClN2OS/c20-17-7-6-16(24-17)14-21-10-12-22(13-11-21)18(23)19(8-9-19)15-4-2-1-3-5-15/h1-7H,8-14H2. The number of nitrogens with zero attached hydrogens (tertiary/aromatic N) is 2. The van der Waals surface area contributed by atoms with Gasteiger partial charge in [-0.1, -0.05) is 41.9 Å².